The standard InChI is InChI=1S/C22H23ClN6O/c23-18-8-4-5-9-19(18)26-22(30)27-20-14-21(25-16-24-20)29-12-10-28(11-13-29)15-17-6-2-1-3-7-17/h1-9,14,16H,10-13,15H2,(H2,24,25,26,27,30). The fourth-order valence-corrected chi connectivity index (χ4v) is 3.58. The lowest BCUT2D eigenvalue weighted by atomic mass is 10.2. The van der Waals surface area contributed by atoms with Crippen molar-refractivity contribution < 1.29 is 4.79 Å². The maximum atomic E-state index is 12.3. The molecule has 0 aliphatic carbocycles. The largest absolute Gasteiger partial charge is 0.354 e. The van der Waals surface area contributed by atoms with E-state index in [2.05, 4.69) is 54.7 Å². The molecule has 8 heteroatoms. The van der Waals surface area contributed by atoms with E-state index in [1.807, 2.05) is 18.2 Å². The van der Waals surface area contributed by atoms with Crippen LogP contribution in [0.4, 0.5) is 22.1 Å². The van der Waals surface area contributed by atoms with E-state index >= 15 is 0 Å². The maximum Gasteiger partial charge on any atom is 0.324 e. The molecule has 30 heavy (non-hydrogen) atoms. The van der Waals surface area contributed by atoms with E-state index in [-0.39, 0.29) is 0 Å². The van der Waals surface area contributed by atoms with Gasteiger partial charge in [-0.2, -0.15) is 0 Å². The molecule has 3 aromatic rings. The molecule has 0 atom stereocenters. The lowest BCUT2D eigenvalue weighted by Gasteiger charge is -2.35. The molecule has 2 amide bonds. The third-order valence-corrected chi connectivity index (χ3v) is 5.29. The number of hydrogen-bond donors (Lipinski definition) is 2. The second-order valence-corrected chi connectivity index (χ2v) is 7.48. The first-order chi connectivity index (χ1) is 14.7. The van der Waals surface area contributed by atoms with Gasteiger partial charge in [0, 0.05) is 38.8 Å². The van der Waals surface area contributed by atoms with Gasteiger partial charge in [0.25, 0.3) is 0 Å². The van der Waals surface area contributed by atoms with E-state index < -0.39 is 6.03 Å². The molecular formula is C22H23ClN6O. The van der Waals surface area contributed by atoms with Crippen LogP contribution in [-0.4, -0.2) is 47.1 Å². The Morgan fingerprint density at radius 2 is 1.67 bits per heavy atom. The van der Waals surface area contributed by atoms with E-state index in [9.17, 15) is 4.79 Å². The zero-order valence-electron chi connectivity index (χ0n) is 16.5. The summed E-state index contributed by atoms with van der Waals surface area (Å²) in [5.74, 6) is 1.24. The van der Waals surface area contributed by atoms with Crippen molar-refractivity contribution in [2.24, 2.45) is 0 Å². The summed E-state index contributed by atoms with van der Waals surface area (Å²) in [5, 5.41) is 5.94. The molecule has 0 saturated carbocycles. The van der Waals surface area contributed by atoms with Gasteiger partial charge < -0.3 is 10.2 Å². The van der Waals surface area contributed by atoms with E-state index in [1.165, 1.54) is 11.9 Å². The Labute approximate surface area is 180 Å². The highest BCUT2D eigenvalue weighted by molar-refractivity contribution is 6.33. The number of nitrogens with zero attached hydrogens (tertiary/aromatic N) is 4. The van der Waals surface area contributed by atoms with Crippen LogP contribution in [0.5, 0.6) is 0 Å². The normalized spacial score (nSPS) is 14.4. The van der Waals surface area contributed by atoms with Crippen molar-refractivity contribution in [3.8, 4) is 0 Å². The van der Waals surface area contributed by atoms with E-state index in [0.717, 1.165) is 38.5 Å². The molecule has 1 saturated heterocycles. The van der Waals surface area contributed by atoms with Gasteiger partial charge in [-0.05, 0) is 17.7 Å². The van der Waals surface area contributed by atoms with Crippen LogP contribution in [0.1, 0.15) is 5.56 Å². The predicted octanol–water partition coefficient (Wildman–Crippen LogP) is 4.10. The Morgan fingerprint density at radius 1 is 0.933 bits per heavy atom. The van der Waals surface area contributed by atoms with Gasteiger partial charge in [0.1, 0.15) is 18.0 Å². The summed E-state index contributed by atoms with van der Waals surface area (Å²) in [7, 11) is 0. The Kier molecular flexibility index (Phi) is 6.41. The van der Waals surface area contributed by atoms with Crippen molar-refractivity contribution in [2.75, 3.05) is 41.7 Å². The molecule has 7 nitrogen and oxygen atoms in total. The third kappa shape index (κ3) is 5.25. The van der Waals surface area contributed by atoms with Crippen LogP contribution in [0.3, 0.4) is 0 Å². The number of rotatable bonds is 5. The molecule has 0 bridgehead atoms. The first-order valence-corrected chi connectivity index (χ1v) is 10.2. The molecule has 4 rings (SSSR count). The summed E-state index contributed by atoms with van der Waals surface area (Å²) in [6.07, 6.45) is 1.47. The van der Waals surface area contributed by atoms with Crippen molar-refractivity contribution in [3.05, 3.63) is 77.6 Å². The summed E-state index contributed by atoms with van der Waals surface area (Å²) in [4.78, 5) is 25.5. The van der Waals surface area contributed by atoms with Crippen LogP contribution in [-0.2, 0) is 6.54 Å². The van der Waals surface area contributed by atoms with Gasteiger partial charge in [-0.3, -0.25) is 10.2 Å². The van der Waals surface area contributed by atoms with Gasteiger partial charge in [-0.25, -0.2) is 14.8 Å². The highest BCUT2D eigenvalue weighted by atomic mass is 35.5. The number of carbonyl (C=O) groups excluding carboxylic acids is 1. The number of benzene rings is 2. The lowest BCUT2D eigenvalue weighted by molar-refractivity contribution is 0.249. The van der Waals surface area contributed by atoms with E-state index in [1.54, 1.807) is 18.2 Å². The number of hydrogen-bond acceptors (Lipinski definition) is 5. The van der Waals surface area contributed by atoms with Crippen LogP contribution < -0.4 is 15.5 Å². The maximum absolute atomic E-state index is 12.3. The summed E-state index contributed by atoms with van der Waals surface area (Å²) in [6, 6.07) is 19.0. The molecule has 0 spiro atoms. The van der Waals surface area contributed by atoms with Crippen molar-refractivity contribution in [1.82, 2.24) is 14.9 Å². The number of amides is 2. The number of carbonyl (C=O) groups is 1. The number of urea groups is 1. The Morgan fingerprint density at radius 3 is 2.43 bits per heavy atom. The molecule has 2 N–H and O–H groups in total. The topological polar surface area (TPSA) is 73.4 Å². The predicted molar refractivity (Wildman–Crippen MR) is 120 cm³/mol. The van der Waals surface area contributed by atoms with Crippen LogP contribution in [0.15, 0.2) is 67.0 Å². The SMILES string of the molecule is O=C(Nc1cc(N2CCN(Cc3ccccc3)CC2)ncn1)Nc1ccccc1Cl. The van der Waals surface area contributed by atoms with Crippen molar-refractivity contribution in [2.45, 2.75) is 6.54 Å². The fourth-order valence-electron chi connectivity index (χ4n) is 3.40. The smallest absolute Gasteiger partial charge is 0.324 e. The summed E-state index contributed by atoms with van der Waals surface area (Å²) < 4.78 is 0. The number of nitrogens with one attached hydrogen (secondary N) is 2. The second kappa shape index (κ2) is 9.56. The number of halogens is 1. The zero-order valence-corrected chi connectivity index (χ0v) is 17.2. The molecule has 0 radical (unpaired) electrons. The number of aromatic nitrogens is 2. The van der Waals surface area contributed by atoms with Gasteiger partial charge >= 0.3 is 6.03 Å². The van der Waals surface area contributed by atoms with Gasteiger partial charge in [0.15, 0.2) is 0 Å². The summed E-state index contributed by atoms with van der Waals surface area (Å²) in [6.45, 7) is 4.60. The minimum absolute atomic E-state index is 0.402. The Hall–Kier alpha value is -3.16. The monoisotopic (exact) mass is 422 g/mol. The number of anilines is 3. The van der Waals surface area contributed by atoms with Gasteiger partial charge in [0.2, 0.25) is 0 Å². The molecule has 2 heterocycles. The van der Waals surface area contributed by atoms with Crippen molar-refractivity contribution >= 4 is 35.0 Å². The van der Waals surface area contributed by atoms with Crippen LogP contribution in [0.25, 0.3) is 0 Å². The highest BCUT2D eigenvalue weighted by Gasteiger charge is 2.19. The summed E-state index contributed by atoms with van der Waals surface area (Å²) in [5.41, 5.74) is 1.87. The van der Waals surface area contributed by atoms with Crippen LogP contribution in [0, 0.1) is 0 Å². The third-order valence-electron chi connectivity index (χ3n) is 4.96. The molecule has 2 aromatic carbocycles. The minimum Gasteiger partial charge on any atom is -0.354 e. The average Bonchev–Trinajstić information content (AvgIpc) is 2.77. The van der Waals surface area contributed by atoms with Crippen LogP contribution >= 0.6 is 11.6 Å². The highest BCUT2D eigenvalue weighted by Crippen LogP contribution is 2.21. The summed E-state index contributed by atoms with van der Waals surface area (Å²) >= 11 is 6.08. The molecule has 1 aliphatic rings. The van der Waals surface area contributed by atoms with Gasteiger partial charge in [-0.1, -0.05) is 54.1 Å². The minimum atomic E-state index is -0.402. The molecule has 1 aromatic heterocycles. The second-order valence-electron chi connectivity index (χ2n) is 7.07. The van der Waals surface area contributed by atoms with Crippen molar-refractivity contribution in [3.63, 3.8) is 0 Å². The zero-order chi connectivity index (χ0) is 20.8. The lowest BCUT2D eigenvalue weighted by Crippen LogP contribution is -2.46. The fraction of sp³-hybridized carbons (Fsp3) is 0.227. The Bertz CT molecular complexity index is 992. The quantitative estimate of drug-likeness (QED) is 0.647. The first kappa shape index (κ1) is 20.1. The van der Waals surface area contributed by atoms with E-state index in [0.29, 0.717) is 16.5 Å². The molecule has 1 fully saturated rings. The van der Waals surface area contributed by atoms with Crippen LogP contribution in [0.2, 0.25) is 5.02 Å². The first-order valence-electron chi connectivity index (χ1n) is 9.83. The van der Waals surface area contributed by atoms with Crippen molar-refractivity contribution in [1.29, 1.82) is 0 Å². The average molecular weight is 423 g/mol. The number of piperazine rings is 1. The molecule has 154 valence electrons. The molecule has 0 unspecified atom stereocenters. The van der Waals surface area contributed by atoms with Gasteiger partial charge in [-0.15, -0.1) is 0 Å². The molecular weight excluding hydrogens is 400 g/mol. The Balaban J connectivity index is 1.32. The van der Waals surface area contributed by atoms with E-state index in [4.69, 9.17) is 11.6 Å². The van der Waals surface area contributed by atoms with Gasteiger partial charge in [0.05, 0.1) is 10.7 Å². The number of para-hydroxylation sites is 1. The molecule has 1 aliphatic heterocycles.